The zero-order valence-electron chi connectivity index (χ0n) is 18.9. The van der Waals surface area contributed by atoms with Gasteiger partial charge in [-0.15, -0.1) is 0 Å². The number of hydrogen-bond acceptors (Lipinski definition) is 0. The summed E-state index contributed by atoms with van der Waals surface area (Å²) in [5.74, 6) is -0.111. The lowest BCUT2D eigenvalue weighted by Gasteiger charge is -2.22. The van der Waals surface area contributed by atoms with Crippen LogP contribution in [0.25, 0.3) is 11.3 Å². The molecular formula is C21H31FNSi+. The number of aromatic nitrogens is 1. The second-order valence-electron chi connectivity index (χ2n) is 8.20. The highest BCUT2D eigenvalue weighted by Gasteiger charge is 2.26. The predicted molar refractivity (Wildman–Crippen MR) is 104 cm³/mol. The first-order valence-electron chi connectivity index (χ1n) is 10.1. The smallest absolute Gasteiger partial charge is 0.207 e. The highest BCUT2D eigenvalue weighted by molar-refractivity contribution is 6.89. The molecule has 0 aliphatic carbocycles. The van der Waals surface area contributed by atoms with Crippen LogP contribution in [0.4, 0.5) is 4.39 Å². The number of nitrogens with zero attached hydrogens (tertiary/aromatic N) is 1. The van der Waals surface area contributed by atoms with Crippen molar-refractivity contribution in [2.75, 3.05) is 0 Å². The maximum absolute atomic E-state index is 14.6. The van der Waals surface area contributed by atoms with Gasteiger partial charge in [-0.05, 0) is 48.5 Å². The predicted octanol–water partition coefficient (Wildman–Crippen LogP) is 4.68. The van der Waals surface area contributed by atoms with E-state index >= 15 is 0 Å². The molecule has 0 fully saturated rings. The highest BCUT2D eigenvalue weighted by atomic mass is 28.3. The third kappa shape index (κ3) is 3.94. The Labute approximate surface area is 151 Å². The molecule has 1 heterocycles. The van der Waals surface area contributed by atoms with Crippen LogP contribution in [0.3, 0.4) is 0 Å². The number of hydrogen-bond donors (Lipinski definition) is 0. The molecule has 0 amide bonds. The SMILES string of the molecule is [2H]C([2H])([2H])c1cc(C)c(-c2cc([Si](C)(C)C)c(CC(C)C)c[n+]2C)cc1F. The maximum atomic E-state index is 14.6. The molecule has 0 aliphatic heterocycles. The van der Waals surface area contributed by atoms with Crippen LogP contribution in [0.15, 0.2) is 24.4 Å². The Morgan fingerprint density at radius 1 is 1.17 bits per heavy atom. The minimum Gasteiger partial charge on any atom is -0.207 e. The van der Waals surface area contributed by atoms with E-state index in [4.69, 9.17) is 4.11 Å². The van der Waals surface area contributed by atoms with E-state index in [2.05, 4.69) is 45.8 Å². The summed E-state index contributed by atoms with van der Waals surface area (Å²) in [5.41, 5.74) is 3.59. The Morgan fingerprint density at radius 3 is 2.38 bits per heavy atom. The van der Waals surface area contributed by atoms with Crippen molar-refractivity contribution in [1.82, 2.24) is 0 Å². The molecule has 1 nitrogen and oxygen atoms in total. The van der Waals surface area contributed by atoms with Gasteiger partial charge in [0.15, 0.2) is 6.20 Å². The normalized spacial score (nSPS) is 14.5. The molecule has 1 aromatic carbocycles. The first-order chi connectivity index (χ1) is 12.2. The van der Waals surface area contributed by atoms with Crippen LogP contribution in [-0.4, -0.2) is 8.07 Å². The van der Waals surface area contributed by atoms with Gasteiger partial charge in [0.05, 0.1) is 13.6 Å². The molecule has 24 heavy (non-hydrogen) atoms. The summed E-state index contributed by atoms with van der Waals surface area (Å²) < 4.78 is 39.2. The van der Waals surface area contributed by atoms with Gasteiger partial charge in [-0.2, -0.15) is 0 Å². The Hall–Kier alpha value is -1.48. The lowest BCUT2D eigenvalue weighted by Crippen LogP contribution is -2.45. The maximum Gasteiger partial charge on any atom is 0.212 e. The zero-order chi connectivity index (χ0) is 20.7. The Morgan fingerprint density at radius 2 is 1.83 bits per heavy atom. The van der Waals surface area contributed by atoms with Crippen LogP contribution in [-0.2, 0) is 13.5 Å². The minimum absolute atomic E-state index is 0.215. The number of aryl methyl sites for hydroxylation is 3. The average molecular weight is 348 g/mol. The molecule has 0 unspecified atom stereocenters. The van der Waals surface area contributed by atoms with Gasteiger partial charge in [-0.3, -0.25) is 0 Å². The average Bonchev–Trinajstić information content (AvgIpc) is 2.46. The van der Waals surface area contributed by atoms with Crippen molar-refractivity contribution in [2.45, 2.75) is 53.7 Å². The second-order valence-corrected chi connectivity index (χ2v) is 13.2. The standard InChI is InChI=1S/C21H31FNSi/c1-14(2)9-17-13-23(5)20(12-21(17)24(6,7)8)18-11-19(22)16(4)10-15(18)3/h10-14H,9H2,1-8H3/q+1/i4D3. The van der Waals surface area contributed by atoms with E-state index in [1.54, 1.807) is 0 Å². The van der Waals surface area contributed by atoms with Gasteiger partial charge >= 0.3 is 0 Å². The van der Waals surface area contributed by atoms with E-state index in [1.807, 2.05) is 18.5 Å². The molecule has 0 N–H and O–H groups in total. The molecule has 0 saturated carbocycles. The van der Waals surface area contributed by atoms with Crippen LogP contribution in [0.2, 0.25) is 19.6 Å². The molecule has 0 bridgehead atoms. The zero-order valence-corrected chi connectivity index (χ0v) is 16.9. The molecule has 0 saturated heterocycles. The fourth-order valence-electron chi connectivity index (χ4n) is 3.23. The van der Waals surface area contributed by atoms with E-state index in [-0.39, 0.29) is 5.56 Å². The van der Waals surface area contributed by atoms with E-state index < -0.39 is 20.7 Å². The van der Waals surface area contributed by atoms with Crippen LogP contribution in [0.5, 0.6) is 0 Å². The fraction of sp³-hybridized carbons (Fsp3) is 0.476. The fourth-order valence-corrected chi connectivity index (χ4v) is 4.93. The van der Waals surface area contributed by atoms with E-state index in [0.717, 1.165) is 23.2 Å². The van der Waals surface area contributed by atoms with Crippen LogP contribution in [0, 0.1) is 25.5 Å². The highest BCUT2D eigenvalue weighted by Crippen LogP contribution is 2.24. The summed E-state index contributed by atoms with van der Waals surface area (Å²) in [6.07, 6.45) is 3.18. The molecule has 2 aromatic rings. The largest absolute Gasteiger partial charge is 0.212 e. The van der Waals surface area contributed by atoms with Crippen molar-refractivity contribution in [3.63, 3.8) is 0 Å². The minimum atomic E-state index is -2.44. The van der Waals surface area contributed by atoms with Gasteiger partial charge in [0.1, 0.15) is 12.9 Å². The summed E-state index contributed by atoms with van der Waals surface area (Å²) >= 11 is 0. The number of pyridine rings is 1. The van der Waals surface area contributed by atoms with Crippen molar-refractivity contribution in [3.8, 4) is 11.3 Å². The quantitative estimate of drug-likeness (QED) is 0.558. The van der Waals surface area contributed by atoms with Gasteiger partial charge in [0.25, 0.3) is 0 Å². The Kier molecular flexibility index (Phi) is 4.20. The number of rotatable bonds is 4. The summed E-state index contributed by atoms with van der Waals surface area (Å²) in [5, 5.41) is 1.38. The molecule has 0 radical (unpaired) electrons. The second kappa shape index (κ2) is 6.79. The summed E-state index contributed by atoms with van der Waals surface area (Å²) in [4.78, 5) is 0. The van der Waals surface area contributed by atoms with Crippen LogP contribution in [0.1, 0.15) is 34.7 Å². The molecule has 0 aliphatic rings. The Bertz CT molecular complexity index is 852. The van der Waals surface area contributed by atoms with Gasteiger partial charge in [0, 0.05) is 15.7 Å². The van der Waals surface area contributed by atoms with E-state index in [0.29, 0.717) is 5.92 Å². The molecule has 130 valence electrons. The third-order valence-corrected chi connectivity index (χ3v) is 6.46. The first-order valence-corrected chi connectivity index (χ1v) is 12.1. The molecule has 1 aromatic heterocycles. The molecular weight excluding hydrogens is 313 g/mol. The van der Waals surface area contributed by atoms with Crippen molar-refractivity contribution in [3.05, 3.63) is 46.9 Å². The first kappa shape index (κ1) is 14.8. The van der Waals surface area contributed by atoms with E-state index in [9.17, 15) is 4.39 Å². The monoisotopic (exact) mass is 347 g/mol. The lowest BCUT2D eigenvalue weighted by molar-refractivity contribution is -0.660. The molecule has 0 spiro atoms. The van der Waals surface area contributed by atoms with Crippen molar-refractivity contribution < 1.29 is 13.1 Å². The number of benzene rings is 1. The van der Waals surface area contributed by atoms with Gasteiger partial charge in [0.2, 0.25) is 5.69 Å². The summed E-state index contributed by atoms with van der Waals surface area (Å²) in [6, 6.07) is 5.04. The molecule has 2 rings (SSSR count). The van der Waals surface area contributed by atoms with Gasteiger partial charge in [-0.1, -0.05) is 39.6 Å². The van der Waals surface area contributed by atoms with E-state index in [1.165, 1.54) is 22.9 Å². The van der Waals surface area contributed by atoms with Crippen molar-refractivity contribution in [2.24, 2.45) is 13.0 Å². The topological polar surface area (TPSA) is 3.88 Å². The third-order valence-electron chi connectivity index (χ3n) is 4.38. The van der Waals surface area contributed by atoms with Crippen LogP contribution >= 0.6 is 0 Å². The van der Waals surface area contributed by atoms with Crippen molar-refractivity contribution >= 4 is 13.3 Å². The summed E-state index contributed by atoms with van der Waals surface area (Å²) in [7, 11) is 0.374. The van der Waals surface area contributed by atoms with Gasteiger partial charge in [-0.25, -0.2) is 8.96 Å². The van der Waals surface area contributed by atoms with Crippen LogP contribution < -0.4 is 9.75 Å². The van der Waals surface area contributed by atoms with Gasteiger partial charge < -0.3 is 0 Å². The Balaban J connectivity index is 2.71. The van der Waals surface area contributed by atoms with Crippen molar-refractivity contribution in [1.29, 1.82) is 0 Å². The lowest BCUT2D eigenvalue weighted by atomic mass is 9.99. The number of halogens is 1. The summed E-state index contributed by atoms with van der Waals surface area (Å²) in [6.45, 7) is 10.8. The molecule has 0 atom stereocenters. The molecule has 3 heteroatoms.